The highest BCUT2D eigenvalue weighted by molar-refractivity contribution is 5.85. The first-order valence-corrected chi connectivity index (χ1v) is 5.69. The van der Waals surface area contributed by atoms with Gasteiger partial charge in [0, 0.05) is 33.9 Å². The number of methoxy groups -OCH3 is 1. The van der Waals surface area contributed by atoms with E-state index >= 15 is 0 Å². The van der Waals surface area contributed by atoms with Crippen LogP contribution in [0.1, 0.15) is 5.56 Å². The first-order chi connectivity index (χ1) is 8.54. The van der Waals surface area contributed by atoms with Gasteiger partial charge < -0.3 is 20.7 Å². The summed E-state index contributed by atoms with van der Waals surface area (Å²) in [5.74, 6) is 0.648. The topological polar surface area (TPSA) is 80.5 Å². The number of nitrogens with two attached hydrogens (primary N) is 1. The molecule has 0 aromatic carbocycles. The molecule has 1 amide bonds. The van der Waals surface area contributed by atoms with Gasteiger partial charge in [0.05, 0.1) is 6.61 Å². The van der Waals surface area contributed by atoms with Gasteiger partial charge in [-0.2, -0.15) is 0 Å². The van der Waals surface area contributed by atoms with Crippen molar-refractivity contribution in [2.75, 3.05) is 32.7 Å². The third-order valence-corrected chi connectivity index (χ3v) is 2.42. The third-order valence-electron chi connectivity index (χ3n) is 2.42. The Morgan fingerprint density at radius 2 is 2.10 bits per heavy atom. The van der Waals surface area contributed by atoms with Gasteiger partial charge in [0.2, 0.25) is 5.91 Å². The van der Waals surface area contributed by atoms with Crippen LogP contribution in [0, 0.1) is 0 Å². The second-order valence-corrected chi connectivity index (χ2v) is 4.20. The van der Waals surface area contributed by atoms with Crippen molar-refractivity contribution in [3.63, 3.8) is 0 Å². The van der Waals surface area contributed by atoms with Crippen LogP contribution in [0.5, 0.6) is 0 Å². The molecule has 1 heterocycles. The summed E-state index contributed by atoms with van der Waals surface area (Å²) in [7, 11) is 5.36. The zero-order valence-corrected chi connectivity index (χ0v) is 13.5. The molecule has 0 fully saturated rings. The van der Waals surface area contributed by atoms with Crippen LogP contribution in [0.15, 0.2) is 18.3 Å². The Hall–Kier alpha value is -1.08. The molecule has 0 saturated heterocycles. The Morgan fingerprint density at radius 1 is 1.45 bits per heavy atom. The quantitative estimate of drug-likeness (QED) is 0.800. The smallest absolute Gasteiger partial charge is 0.239 e. The second kappa shape index (κ2) is 10.7. The maximum atomic E-state index is 11.5. The summed E-state index contributed by atoms with van der Waals surface area (Å²) < 4.78 is 4.82. The van der Waals surface area contributed by atoms with Crippen LogP contribution in [0.3, 0.4) is 0 Å². The predicted molar refractivity (Wildman–Crippen MR) is 84.8 cm³/mol. The summed E-state index contributed by atoms with van der Waals surface area (Å²) in [5, 5.41) is 2.73. The molecule has 1 atom stereocenters. The Bertz CT molecular complexity index is 388. The van der Waals surface area contributed by atoms with E-state index in [1.54, 1.807) is 6.20 Å². The first-order valence-electron chi connectivity index (χ1n) is 5.69. The van der Waals surface area contributed by atoms with Crippen LogP contribution in [-0.2, 0) is 16.1 Å². The number of anilines is 1. The molecule has 1 aromatic heterocycles. The number of ether oxygens (including phenoxy) is 1. The van der Waals surface area contributed by atoms with Gasteiger partial charge >= 0.3 is 0 Å². The average Bonchev–Trinajstić information content (AvgIpc) is 2.36. The fourth-order valence-corrected chi connectivity index (χ4v) is 1.36. The average molecular weight is 325 g/mol. The maximum Gasteiger partial charge on any atom is 0.239 e. The van der Waals surface area contributed by atoms with Crippen LogP contribution < -0.4 is 16.0 Å². The number of carbonyl (C=O) groups is 1. The zero-order chi connectivity index (χ0) is 13.5. The SMILES string of the molecule is COCC(N)C(=O)NCc1ccc(N(C)C)nc1.Cl.Cl. The minimum absolute atomic E-state index is 0. The molecule has 6 nitrogen and oxygen atoms in total. The third kappa shape index (κ3) is 6.91. The highest BCUT2D eigenvalue weighted by Gasteiger charge is 2.12. The van der Waals surface area contributed by atoms with Gasteiger partial charge in [-0.05, 0) is 11.6 Å². The van der Waals surface area contributed by atoms with Crippen LogP contribution >= 0.6 is 24.8 Å². The molecule has 1 rings (SSSR count). The van der Waals surface area contributed by atoms with Crippen LogP contribution in [-0.4, -0.2) is 44.7 Å². The lowest BCUT2D eigenvalue weighted by atomic mass is 10.2. The van der Waals surface area contributed by atoms with Crippen LogP contribution in [0.2, 0.25) is 0 Å². The maximum absolute atomic E-state index is 11.5. The molecule has 8 heteroatoms. The Kier molecular flexibility index (Phi) is 11.3. The summed E-state index contributed by atoms with van der Waals surface area (Å²) in [4.78, 5) is 17.7. The number of carbonyl (C=O) groups excluding carboxylic acids is 1. The number of nitrogens with one attached hydrogen (secondary N) is 1. The van der Waals surface area contributed by atoms with Gasteiger partial charge in [-0.25, -0.2) is 4.98 Å². The largest absolute Gasteiger partial charge is 0.383 e. The number of rotatable bonds is 6. The Morgan fingerprint density at radius 3 is 2.55 bits per heavy atom. The van der Waals surface area contributed by atoms with Crippen molar-refractivity contribution in [3.05, 3.63) is 23.9 Å². The predicted octanol–water partition coefficient (Wildman–Crippen LogP) is 0.581. The van der Waals surface area contributed by atoms with E-state index in [1.165, 1.54) is 7.11 Å². The fourth-order valence-electron chi connectivity index (χ4n) is 1.36. The molecule has 3 N–H and O–H groups in total. The van der Waals surface area contributed by atoms with Gasteiger partial charge in [0.25, 0.3) is 0 Å². The molecule has 1 unspecified atom stereocenters. The van der Waals surface area contributed by atoms with Crippen molar-refractivity contribution < 1.29 is 9.53 Å². The van der Waals surface area contributed by atoms with Crippen molar-refractivity contribution in [2.45, 2.75) is 12.6 Å². The van der Waals surface area contributed by atoms with Crippen molar-refractivity contribution >= 4 is 36.5 Å². The molecule has 0 aliphatic carbocycles. The monoisotopic (exact) mass is 324 g/mol. The van der Waals surface area contributed by atoms with Gasteiger partial charge in [-0.15, -0.1) is 24.8 Å². The van der Waals surface area contributed by atoms with Gasteiger partial charge in [0.1, 0.15) is 11.9 Å². The van der Waals surface area contributed by atoms with Crippen LogP contribution in [0.4, 0.5) is 5.82 Å². The molecule has 0 radical (unpaired) electrons. The van der Waals surface area contributed by atoms with Gasteiger partial charge in [0.15, 0.2) is 0 Å². The van der Waals surface area contributed by atoms with E-state index in [1.807, 2.05) is 31.1 Å². The highest BCUT2D eigenvalue weighted by Crippen LogP contribution is 2.07. The van der Waals surface area contributed by atoms with E-state index in [0.717, 1.165) is 11.4 Å². The fraction of sp³-hybridized carbons (Fsp3) is 0.500. The zero-order valence-electron chi connectivity index (χ0n) is 11.8. The number of halogens is 2. The standard InChI is InChI=1S/C12H20N4O2.2ClH/c1-16(2)11-5-4-9(6-14-11)7-15-12(17)10(13)8-18-3;;/h4-6,10H,7-8,13H2,1-3H3,(H,15,17);2*1H. The van der Waals surface area contributed by atoms with Gasteiger partial charge in [-0.3, -0.25) is 4.79 Å². The van der Waals surface area contributed by atoms with E-state index in [9.17, 15) is 4.79 Å². The lowest BCUT2D eigenvalue weighted by molar-refractivity contribution is -0.123. The number of amides is 1. The van der Waals surface area contributed by atoms with Crippen molar-refractivity contribution in [1.29, 1.82) is 0 Å². The lowest BCUT2D eigenvalue weighted by Gasteiger charge is -2.13. The minimum atomic E-state index is -0.635. The molecule has 20 heavy (non-hydrogen) atoms. The first kappa shape index (κ1) is 21.2. The van der Waals surface area contributed by atoms with Crippen molar-refractivity contribution in [1.82, 2.24) is 10.3 Å². The van der Waals surface area contributed by atoms with E-state index in [4.69, 9.17) is 10.5 Å². The molecular formula is C12H22Cl2N4O2. The molecule has 0 bridgehead atoms. The molecule has 0 saturated carbocycles. The highest BCUT2D eigenvalue weighted by atomic mass is 35.5. The number of hydrogen-bond acceptors (Lipinski definition) is 5. The summed E-state index contributed by atoms with van der Waals surface area (Å²) in [6, 6.07) is 3.19. The van der Waals surface area contributed by atoms with Crippen molar-refractivity contribution in [3.8, 4) is 0 Å². The van der Waals surface area contributed by atoms with E-state index in [0.29, 0.717) is 6.54 Å². The number of pyridine rings is 1. The minimum Gasteiger partial charge on any atom is -0.383 e. The van der Waals surface area contributed by atoms with E-state index in [-0.39, 0.29) is 37.3 Å². The summed E-state index contributed by atoms with van der Waals surface area (Å²) in [5.41, 5.74) is 6.53. The van der Waals surface area contributed by atoms with Crippen LogP contribution in [0.25, 0.3) is 0 Å². The Balaban J connectivity index is 0. The molecule has 0 aliphatic rings. The van der Waals surface area contributed by atoms with Gasteiger partial charge in [-0.1, -0.05) is 6.07 Å². The molecule has 1 aromatic rings. The molecule has 116 valence electrons. The molecule has 0 aliphatic heterocycles. The van der Waals surface area contributed by atoms with E-state index in [2.05, 4.69) is 10.3 Å². The van der Waals surface area contributed by atoms with Crippen molar-refractivity contribution in [2.24, 2.45) is 5.73 Å². The number of aromatic nitrogens is 1. The summed E-state index contributed by atoms with van der Waals surface area (Å²) in [6.07, 6.45) is 1.73. The summed E-state index contributed by atoms with van der Waals surface area (Å²) >= 11 is 0. The molecular weight excluding hydrogens is 303 g/mol. The summed E-state index contributed by atoms with van der Waals surface area (Å²) in [6.45, 7) is 0.626. The lowest BCUT2D eigenvalue weighted by Crippen LogP contribution is -2.43. The number of nitrogens with zero attached hydrogens (tertiary/aromatic N) is 2. The molecule has 0 spiro atoms. The number of hydrogen-bond donors (Lipinski definition) is 2. The second-order valence-electron chi connectivity index (χ2n) is 4.20. The normalized spacial score (nSPS) is 10.8. The van der Waals surface area contributed by atoms with E-state index < -0.39 is 6.04 Å². The Labute approximate surface area is 131 Å².